The molecule has 2 aromatic carbocycles. The molecule has 4 aromatic rings. The van der Waals surface area contributed by atoms with Gasteiger partial charge in [-0.3, -0.25) is 29.3 Å². The monoisotopic (exact) mass is 714 g/mol. The largest absolute Gasteiger partial charge is 0.480 e. The standard InChI is InChI=1S/C44H50N4O5/c1-27-31(21-42(50)39-22-37(30-17-18-30)33(25-45-39)26-48-19-5-3-14-41(48)44(52)53)10-7-11-34(27)35-12-8-13-38(28(35)2)47-43(51)40-23-36(29-15-16-29)32(24-46-40)9-4-6-20-49/h7-8,10-13,22-25,29-30,41,49H,3-6,9,14-21,26H2,1-2H3,(H,47,51)(H,52,53)/t41-/m0/s1. The van der Waals surface area contributed by atoms with Crippen LogP contribution >= 0.6 is 0 Å². The summed E-state index contributed by atoms with van der Waals surface area (Å²) >= 11 is 0. The molecule has 1 saturated heterocycles. The smallest absolute Gasteiger partial charge is 0.320 e. The normalized spacial score (nSPS) is 17.5. The van der Waals surface area contributed by atoms with E-state index in [1.54, 1.807) is 6.20 Å². The molecule has 7 rings (SSSR count). The lowest BCUT2D eigenvalue weighted by Crippen LogP contribution is -2.44. The Morgan fingerprint density at radius 2 is 1.45 bits per heavy atom. The van der Waals surface area contributed by atoms with Gasteiger partial charge in [0.15, 0.2) is 5.78 Å². The van der Waals surface area contributed by atoms with Crippen molar-refractivity contribution in [3.63, 3.8) is 0 Å². The minimum atomic E-state index is -0.769. The van der Waals surface area contributed by atoms with Crippen molar-refractivity contribution < 1.29 is 24.6 Å². The summed E-state index contributed by atoms with van der Waals surface area (Å²) in [4.78, 5) is 50.4. The van der Waals surface area contributed by atoms with E-state index in [4.69, 9.17) is 0 Å². The lowest BCUT2D eigenvalue weighted by Gasteiger charge is -2.33. The van der Waals surface area contributed by atoms with E-state index < -0.39 is 12.0 Å². The van der Waals surface area contributed by atoms with Gasteiger partial charge in [0.2, 0.25) is 0 Å². The molecule has 1 atom stereocenters. The van der Waals surface area contributed by atoms with E-state index in [1.165, 1.54) is 11.1 Å². The number of hydrogen-bond donors (Lipinski definition) is 3. The second kappa shape index (κ2) is 16.1. The number of aromatic nitrogens is 2. The molecule has 3 N–H and O–H groups in total. The van der Waals surface area contributed by atoms with Gasteiger partial charge in [0, 0.05) is 37.7 Å². The van der Waals surface area contributed by atoms with Gasteiger partial charge in [-0.1, -0.05) is 36.8 Å². The first-order chi connectivity index (χ1) is 25.7. The minimum absolute atomic E-state index is 0.0460. The molecular formula is C44H50N4O5. The van der Waals surface area contributed by atoms with Crippen LogP contribution < -0.4 is 5.32 Å². The molecule has 3 aliphatic rings. The molecule has 2 saturated carbocycles. The second-order valence-electron chi connectivity index (χ2n) is 15.2. The number of benzene rings is 2. The summed E-state index contributed by atoms with van der Waals surface area (Å²) in [6, 6.07) is 15.3. The van der Waals surface area contributed by atoms with Crippen molar-refractivity contribution in [2.45, 2.75) is 109 Å². The Labute approximate surface area is 311 Å². The van der Waals surface area contributed by atoms with E-state index >= 15 is 0 Å². The second-order valence-corrected chi connectivity index (χ2v) is 15.2. The predicted octanol–water partition coefficient (Wildman–Crippen LogP) is 7.95. The number of piperidine rings is 1. The number of carboxylic acid groups (broad SMARTS) is 1. The van der Waals surface area contributed by atoms with Crippen molar-refractivity contribution in [3.05, 3.63) is 111 Å². The number of pyridine rings is 2. The number of aliphatic hydroxyl groups is 1. The van der Waals surface area contributed by atoms with Crippen LogP contribution in [0.4, 0.5) is 5.69 Å². The van der Waals surface area contributed by atoms with Crippen molar-refractivity contribution >= 4 is 23.3 Å². The van der Waals surface area contributed by atoms with E-state index in [0.29, 0.717) is 41.9 Å². The number of rotatable bonds is 15. The highest BCUT2D eigenvalue weighted by Crippen LogP contribution is 2.43. The number of carbonyl (C=O) groups is 3. The van der Waals surface area contributed by atoms with Gasteiger partial charge in [0.05, 0.1) is 0 Å². The number of nitrogens with zero attached hydrogens (tertiary/aromatic N) is 3. The fourth-order valence-corrected chi connectivity index (χ4v) is 7.95. The van der Waals surface area contributed by atoms with Crippen LogP contribution in [0.15, 0.2) is 60.9 Å². The van der Waals surface area contributed by atoms with E-state index in [0.717, 1.165) is 103 Å². The van der Waals surface area contributed by atoms with E-state index in [9.17, 15) is 24.6 Å². The molecule has 0 spiro atoms. The zero-order valence-electron chi connectivity index (χ0n) is 30.9. The van der Waals surface area contributed by atoms with Gasteiger partial charge in [-0.25, -0.2) is 0 Å². The van der Waals surface area contributed by atoms with Crippen LogP contribution in [0.3, 0.4) is 0 Å². The molecule has 276 valence electrons. The maximum atomic E-state index is 13.8. The molecule has 0 unspecified atom stereocenters. The fraction of sp³-hybridized carbons (Fsp3) is 0.432. The number of likely N-dealkylation sites (tertiary alicyclic amines) is 1. The van der Waals surface area contributed by atoms with Gasteiger partial charge in [0.25, 0.3) is 5.91 Å². The van der Waals surface area contributed by atoms with Gasteiger partial charge in [-0.2, -0.15) is 0 Å². The third-order valence-electron chi connectivity index (χ3n) is 11.4. The van der Waals surface area contributed by atoms with Gasteiger partial charge in [0.1, 0.15) is 17.4 Å². The first-order valence-corrected chi connectivity index (χ1v) is 19.3. The van der Waals surface area contributed by atoms with E-state index in [1.807, 2.05) is 62.5 Å². The molecule has 3 fully saturated rings. The van der Waals surface area contributed by atoms with Crippen LogP contribution in [0.25, 0.3) is 11.1 Å². The van der Waals surface area contributed by atoms with Gasteiger partial charge >= 0.3 is 5.97 Å². The number of carbonyl (C=O) groups excluding carboxylic acids is 2. The average Bonchev–Trinajstić information content (AvgIpc) is 4.09. The highest BCUT2D eigenvalue weighted by molar-refractivity contribution is 6.04. The Kier molecular flexibility index (Phi) is 11.1. The molecule has 0 bridgehead atoms. The molecule has 53 heavy (non-hydrogen) atoms. The van der Waals surface area contributed by atoms with Gasteiger partial charge < -0.3 is 15.5 Å². The number of hydrogen-bond acceptors (Lipinski definition) is 7. The number of unbranched alkanes of at least 4 members (excludes halogenated alkanes) is 1. The number of amides is 1. The van der Waals surface area contributed by atoms with Gasteiger partial charge in [-0.15, -0.1) is 0 Å². The molecule has 3 heterocycles. The highest BCUT2D eigenvalue weighted by atomic mass is 16.4. The summed E-state index contributed by atoms with van der Waals surface area (Å²) in [7, 11) is 0. The predicted molar refractivity (Wildman–Crippen MR) is 205 cm³/mol. The Bertz CT molecular complexity index is 2020. The highest BCUT2D eigenvalue weighted by Gasteiger charge is 2.32. The van der Waals surface area contributed by atoms with Crippen molar-refractivity contribution in [2.24, 2.45) is 0 Å². The van der Waals surface area contributed by atoms with Crippen molar-refractivity contribution in [1.29, 1.82) is 0 Å². The zero-order chi connectivity index (χ0) is 37.1. The van der Waals surface area contributed by atoms with Crippen LogP contribution in [-0.2, 0) is 24.2 Å². The molecule has 9 heteroatoms. The zero-order valence-corrected chi connectivity index (χ0v) is 30.9. The molecule has 2 aliphatic carbocycles. The summed E-state index contributed by atoms with van der Waals surface area (Å²) in [6.07, 6.45) is 13.3. The third-order valence-corrected chi connectivity index (χ3v) is 11.4. The summed E-state index contributed by atoms with van der Waals surface area (Å²) < 4.78 is 0. The maximum absolute atomic E-state index is 13.8. The molecule has 2 aromatic heterocycles. The van der Waals surface area contributed by atoms with E-state index in [-0.39, 0.29) is 24.7 Å². The van der Waals surface area contributed by atoms with Crippen LogP contribution in [0.2, 0.25) is 0 Å². The lowest BCUT2D eigenvalue weighted by atomic mass is 9.90. The number of ketones is 1. The number of carboxylic acids is 1. The number of aliphatic hydroxyl groups excluding tert-OH is 1. The number of aryl methyl sites for hydroxylation is 1. The first-order valence-electron chi connectivity index (χ1n) is 19.3. The first kappa shape index (κ1) is 36.6. The van der Waals surface area contributed by atoms with Crippen LogP contribution in [0.1, 0.15) is 130 Å². The van der Waals surface area contributed by atoms with Crippen LogP contribution in [0.5, 0.6) is 0 Å². The summed E-state index contributed by atoms with van der Waals surface area (Å²) in [5, 5.41) is 22.1. The minimum Gasteiger partial charge on any atom is -0.480 e. The summed E-state index contributed by atoms with van der Waals surface area (Å²) in [5.41, 5.74) is 10.9. The molecular weight excluding hydrogens is 665 g/mol. The van der Waals surface area contributed by atoms with Crippen LogP contribution in [-0.4, -0.2) is 61.9 Å². The van der Waals surface area contributed by atoms with E-state index in [2.05, 4.69) is 26.3 Å². The molecule has 0 radical (unpaired) electrons. The maximum Gasteiger partial charge on any atom is 0.320 e. The Morgan fingerprint density at radius 1 is 0.792 bits per heavy atom. The summed E-state index contributed by atoms with van der Waals surface area (Å²) in [6.45, 7) is 5.52. The third kappa shape index (κ3) is 8.42. The average molecular weight is 715 g/mol. The molecule has 1 aliphatic heterocycles. The quantitative estimate of drug-likeness (QED) is 0.0835. The van der Waals surface area contributed by atoms with Gasteiger partial charge in [-0.05, 0) is 158 Å². The number of nitrogens with one attached hydrogen (secondary N) is 1. The topological polar surface area (TPSA) is 133 Å². The Balaban J connectivity index is 1.07. The van der Waals surface area contributed by atoms with Crippen molar-refractivity contribution in [2.75, 3.05) is 18.5 Å². The molecule has 9 nitrogen and oxygen atoms in total. The fourth-order valence-electron chi connectivity index (χ4n) is 7.95. The summed E-state index contributed by atoms with van der Waals surface area (Å²) in [5.74, 6) is -0.184. The van der Waals surface area contributed by atoms with Crippen LogP contribution in [0, 0.1) is 13.8 Å². The van der Waals surface area contributed by atoms with Crippen molar-refractivity contribution in [3.8, 4) is 11.1 Å². The Hall–Kier alpha value is -4.73. The SMILES string of the molecule is Cc1c(CC(=O)c2cc(C3CC3)c(CN3CCCC[C@H]3C(=O)O)cn2)cccc1-c1cccc(NC(=O)c2cc(C3CC3)c(CCCCO)cn2)c1C. The number of aliphatic carboxylic acids is 1. The number of anilines is 1. The Morgan fingerprint density at radius 3 is 2.17 bits per heavy atom. The number of Topliss-reactive ketones (excluding diaryl/α,β-unsaturated/α-hetero) is 1. The lowest BCUT2D eigenvalue weighted by molar-refractivity contribution is -0.144. The molecule has 1 amide bonds. The van der Waals surface area contributed by atoms with Crippen molar-refractivity contribution in [1.82, 2.24) is 14.9 Å².